The molecule has 0 atom stereocenters. The Labute approximate surface area is 112 Å². The van der Waals surface area contributed by atoms with E-state index in [2.05, 4.69) is 10.1 Å². The summed E-state index contributed by atoms with van der Waals surface area (Å²) in [7, 11) is 1.95. The maximum atomic E-state index is 8.63. The first-order valence-electron chi connectivity index (χ1n) is 6.09. The van der Waals surface area contributed by atoms with E-state index < -0.39 is 0 Å². The second-order valence-electron chi connectivity index (χ2n) is 4.16. The van der Waals surface area contributed by atoms with Crippen molar-refractivity contribution in [1.82, 2.24) is 9.55 Å². The van der Waals surface area contributed by atoms with E-state index in [4.69, 9.17) is 9.94 Å². The second-order valence-corrected chi connectivity index (χ2v) is 4.16. The molecular weight excluding hydrogens is 242 g/mol. The third-order valence-corrected chi connectivity index (χ3v) is 2.66. The number of aliphatic hydroxyl groups excluding tert-OH is 1. The van der Waals surface area contributed by atoms with Gasteiger partial charge in [0, 0.05) is 18.8 Å². The van der Waals surface area contributed by atoms with E-state index in [-0.39, 0.29) is 13.2 Å². The van der Waals surface area contributed by atoms with Crippen molar-refractivity contribution in [2.24, 2.45) is 12.2 Å². The van der Waals surface area contributed by atoms with Crippen LogP contribution in [0.15, 0.2) is 41.7 Å². The Morgan fingerprint density at radius 2 is 2.11 bits per heavy atom. The molecule has 0 saturated carbocycles. The van der Waals surface area contributed by atoms with Gasteiger partial charge in [-0.15, -0.1) is 0 Å². The zero-order chi connectivity index (χ0) is 13.7. The van der Waals surface area contributed by atoms with E-state index in [1.54, 1.807) is 0 Å². The number of rotatable bonds is 5. The molecule has 0 amide bonds. The van der Waals surface area contributed by atoms with Gasteiger partial charge < -0.3 is 14.5 Å². The average molecular weight is 259 g/mol. The summed E-state index contributed by atoms with van der Waals surface area (Å²) >= 11 is 0. The lowest BCUT2D eigenvalue weighted by Crippen LogP contribution is -2.00. The Bertz CT molecular complexity index is 561. The number of oxime groups is 1. The van der Waals surface area contributed by atoms with Crippen LogP contribution < -0.4 is 0 Å². The number of nitrogens with zero attached hydrogens (tertiary/aromatic N) is 3. The largest absolute Gasteiger partial charge is 0.393 e. The zero-order valence-corrected chi connectivity index (χ0v) is 11.1. The van der Waals surface area contributed by atoms with Crippen molar-refractivity contribution in [3.8, 4) is 11.4 Å². The van der Waals surface area contributed by atoms with Gasteiger partial charge in [0.2, 0.25) is 0 Å². The summed E-state index contributed by atoms with van der Waals surface area (Å²) < 4.78 is 1.95. The maximum absolute atomic E-state index is 8.63. The third-order valence-electron chi connectivity index (χ3n) is 2.66. The summed E-state index contributed by atoms with van der Waals surface area (Å²) in [5.41, 5.74) is 2.51. The van der Waals surface area contributed by atoms with Crippen LogP contribution in [-0.2, 0) is 11.9 Å². The van der Waals surface area contributed by atoms with Crippen molar-refractivity contribution in [2.75, 3.05) is 13.2 Å². The molecule has 2 rings (SSSR count). The SMILES string of the molecule is C/C(=N/OCCO)c1cn(C)c(-c2ccccc2)n1. The molecule has 1 aromatic carbocycles. The summed E-state index contributed by atoms with van der Waals surface area (Å²) in [5, 5.41) is 12.5. The molecule has 5 nitrogen and oxygen atoms in total. The molecule has 100 valence electrons. The quantitative estimate of drug-likeness (QED) is 0.506. The Morgan fingerprint density at radius 3 is 2.79 bits per heavy atom. The van der Waals surface area contributed by atoms with E-state index in [1.165, 1.54) is 0 Å². The fourth-order valence-electron chi connectivity index (χ4n) is 1.73. The smallest absolute Gasteiger partial charge is 0.140 e. The van der Waals surface area contributed by atoms with Gasteiger partial charge in [-0.3, -0.25) is 0 Å². The predicted octanol–water partition coefficient (Wildman–Crippen LogP) is 1.82. The van der Waals surface area contributed by atoms with E-state index in [1.807, 2.05) is 55.1 Å². The average Bonchev–Trinajstić information content (AvgIpc) is 2.82. The van der Waals surface area contributed by atoms with Crippen LogP contribution >= 0.6 is 0 Å². The monoisotopic (exact) mass is 259 g/mol. The molecule has 5 heteroatoms. The Hall–Kier alpha value is -2.14. The molecule has 19 heavy (non-hydrogen) atoms. The van der Waals surface area contributed by atoms with Crippen molar-refractivity contribution < 1.29 is 9.94 Å². The highest BCUT2D eigenvalue weighted by Crippen LogP contribution is 2.17. The first-order valence-corrected chi connectivity index (χ1v) is 6.09. The number of aryl methyl sites for hydroxylation is 1. The molecule has 1 heterocycles. The number of benzene rings is 1. The minimum Gasteiger partial charge on any atom is -0.393 e. The minimum absolute atomic E-state index is 0.0474. The highest BCUT2D eigenvalue weighted by molar-refractivity contribution is 5.96. The van der Waals surface area contributed by atoms with Crippen molar-refractivity contribution in [2.45, 2.75) is 6.92 Å². The van der Waals surface area contributed by atoms with Crippen molar-refractivity contribution in [3.63, 3.8) is 0 Å². The van der Waals surface area contributed by atoms with Crippen LogP contribution in [0.3, 0.4) is 0 Å². The van der Waals surface area contributed by atoms with Crippen molar-refractivity contribution in [1.29, 1.82) is 0 Å². The molecule has 0 fully saturated rings. The lowest BCUT2D eigenvalue weighted by molar-refractivity contribution is 0.0986. The van der Waals surface area contributed by atoms with Gasteiger partial charge in [-0.1, -0.05) is 35.5 Å². The number of aliphatic hydroxyl groups is 1. The molecule has 0 saturated heterocycles. The van der Waals surface area contributed by atoms with Crippen LogP contribution in [0.2, 0.25) is 0 Å². The van der Waals surface area contributed by atoms with Gasteiger partial charge in [0.15, 0.2) is 0 Å². The van der Waals surface area contributed by atoms with Crippen molar-refractivity contribution >= 4 is 5.71 Å². The van der Waals surface area contributed by atoms with E-state index in [9.17, 15) is 0 Å². The predicted molar refractivity (Wildman–Crippen MR) is 73.9 cm³/mol. The van der Waals surface area contributed by atoms with Crippen LogP contribution in [0.25, 0.3) is 11.4 Å². The molecule has 1 aromatic heterocycles. The number of hydrogen-bond donors (Lipinski definition) is 1. The zero-order valence-electron chi connectivity index (χ0n) is 11.1. The molecule has 0 aliphatic rings. The van der Waals surface area contributed by atoms with Gasteiger partial charge >= 0.3 is 0 Å². The van der Waals surface area contributed by atoms with Crippen LogP contribution in [0.4, 0.5) is 0 Å². The molecular formula is C14H17N3O2. The summed E-state index contributed by atoms with van der Waals surface area (Å²) in [6.45, 7) is 1.97. The Balaban J connectivity index is 2.24. The van der Waals surface area contributed by atoms with Gasteiger partial charge in [0.05, 0.1) is 6.61 Å². The van der Waals surface area contributed by atoms with Gasteiger partial charge in [0.25, 0.3) is 0 Å². The van der Waals surface area contributed by atoms with E-state index in [0.29, 0.717) is 5.71 Å². The Kier molecular flexibility index (Phi) is 4.30. The minimum atomic E-state index is -0.0474. The number of aromatic nitrogens is 2. The van der Waals surface area contributed by atoms with E-state index in [0.717, 1.165) is 17.1 Å². The highest BCUT2D eigenvalue weighted by atomic mass is 16.6. The fourth-order valence-corrected chi connectivity index (χ4v) is 1.73. The van der Waals surface area contributed by atoms with Gasteiger partial charge in [-0.2, -0.15) is 0 Å². The topological polar surface area (TPSA) is 59.6 Å². The molecule has 0 spiro atoms. The van der Waals surface area contributed by atoms with Crippen LogP contribution in [0, 0.1) is 0 Å². The second kappa shape index (κ2) is 6.15. The lowest BCUT2D eigenvalue weighted by atomic mass is 10.2. The van der Waals surface area contributed by atoms with Crippen LogP contribution in [0.1, 0.15) is 12.6 Å². The molecule has 0 unspecified atom stereocenters. The third kappa shape index (κ3) is 3.20. The molecule has 0 radical (unpaired) electrons. The first kappa shape index (κ1) is 13.3. The summed E-state index contributed by atoms with van der Waals surface area (Å²) in [5.74, 6) is 0.882. The van der Waals surface area contributed by atoms with Gasteiger partial charge in [-0.25, -0.2) is 4.98 Å². The molecule has 2 aromatic rings. The number of imidazole rings is 1. The summed E-state index contributed by atoms with van der Waals surface area (Å²) in [6, 6.07) is 9.97. The molecule has 0 bridgehead atoms. The lowest BCUT2D eigenvalue weighted by Gasteiger charge is -1.99. The van der Waals surface area contributed by atoms with Crippen LogP contribution in [-0.4, -0.2) is 33.6 Å². The molecule has 1 N–H and O–H groups in total. The fraction of sp³-hybridized carbons (Fsp3) is 0.286. The van der Waals surface area contributed by atoms with Gasteiger partial charge in [-0.05, 0) is 6.92 Å². The normalized spacial score (nSPS) is 11.6. The molecule has 0 aliphatic heterocycles. The number of hydrogen-bond acceptors (Lipinski definition) is 4. The van der Waals surface area contributed by atoms with Crippen LogP contribution in [0.5, 0.6) is 0 Å². The summed E-state index contributed by atoms with van der Waals surface area (Å²) in [6.07, 6.45) is 1.91. The highest BCUT2D eigenvalue weighted by Gasteiger charge is 2.09. The van der Waals surface area contributed by atoms with E-state index >= 15 is 0 Å². The van der Waals surface area contributed by atoms with Gasteiger partial charge in [0.1, 0.15) is 23.8 Å². The summed E-state index contributed by atoms with van der Waals surface area (Å²) in [4.78, 5) is 9.49. The first-order chi connectivity index (χ1) is 9.22. The standard InChI is InChI=1S/C14H17N3O2/c1-11(16-19-9-8-18)13-10-17(2)14(15-13)12-6-4-3-5-7-12/h3-7,10,18H,8-9H2,1-2H3/b16-11-. The maximum Gasteiger partial charge on any atom is 0.140 e. The van der Waals surface area contributed by atoms with Crippen molar-refractivity contribution in [3.05, 3.63) is 42.2 Å². The molecule has 0 aliphatic carbocycles. The Morgan fingerprint density at radius 1 is 1.37 bits per heavy atom.